The summed E-state index contributed by atoms with van der Waals surface area (Å²) in [5.41, 5.74) is 6.68. The molecule has 2 atom stereocenters. The van der Waals surface area contributed by atoms with Crippen LogP contribution in [0.15, 0.2) is 22.7 Å². The van der Waals surface area contributed by atoms with Gasteiger partial charge < -0.3 is 10.6 Å². The highest BCUT2D eigenvalue weighted by molar-refractivity contribution is 9.10. The Hall–Kier alpha value is -1.44. The van der Waals surface area contributed by atoms with Crippen molar-refractivity contribution in [2.24, 2.45) is 5.73 Å². The minimum absolute atomic E-state index is 0. The van der Waals surface area contributed by atoms with Gasteiger partial charge in [0.25, 0.3) is 11.8 Å². The Morgan fingerprint density at radius 2 is 1.96 bits per heavy atom. The van der Waals surface area contributed by atoms with Crippen LogP contribution in [0, 0.1) is 0 Å². The minimum Gasteiger partial charge on any atom is -0.337 e. The maximum Gasteiger partial charge on any atom is 0.262 e. The molecule has 0 spiro atoms. The van der Waals surface area contributed by atoms with E-state index in [4.69, 9.17) is 5.73 Å². The van der Waals surface area contributed by atoms with Crippen LogP contribution in [0.1, 0.15) is 46.9 Å². The van der Waals surface area contributed by atoms with Crippen LogP contribution >= 0.6 is 28.3 Å². The number of halogens is 2. The summed E-state index contributed by atoms with van der Waals surface area (Å²) in [5, 5.41) is 0. The van der Waals surface area contributed by atoms with E-state index in [2.05, 4.69) is 15.9 Å². The van der Waals surface area contributed by atoms with Gasteiger partial charge in [0.1, 0.15) is 6.54 Å². The molecule has 6 nitrogen and oxygen atoms in total. The van der Waals surface area contributed by atoms with Crippen LogP contribution in [0.5, 0.6) is 0 Å². The molecule has 0 aromatic heterocycles. The predicted molar refractivity (Wildman–Crippen MR) is 99.8 cm³/mol. The van der Waals surface area contributed by atoms with Gasteiger partial charge in [-0.25, -0.2) is 0 Å². The van der Waals surface area contributed by atoms with Crippen molar-refractivity contribution in [1.82, 2.24) is 9.80 Å². The molecule has 2 heterocycles. The molecule has 0 bridgehead atoms. The molecule has 3 rings (SSSR count). The van der Waals surface area contributed by atoms with Crippen LogP contribution in [-0.2, 0) is 4.79 Å². The Morgan fingerprint density at radius 3 is 2.64 bits per heavy atom. The normalized spacial score (nSPS) is 21.0. The third kappa shape index (κ3) is 3.73. The van der Waals surface area contributed by atoms with Crippen molar-refractivity contribution in [2.75, 3.05) is 13.1 Å². The van der Waals surface area contributed by atoms with E-state index >= 15 is 0 Å². The molecule has 3 amide bonds. The Labute approximate surface area is 161 Å². The second-order valence-electron chi connectivity index (χ2n) is 6.40. The molecule has 1 aromatic rings. The SMILES string of the molecule is CC(N)C1CCCCN1C(=O)CN1C(=O)c2ccc(Br)cc2C1=O.Cl. The number of nitrogens with zero attached hydrogens (tertiary/aromatic N) is 2. The smallest absolute Gasteiger partial charge is 0.262 e. The van der Waals surface area contributed by atoms with Gasteiger partial charge in [0.2, 0.25) is 5.91 Å². The lowest BCUT2D eigenvalue weighted by Gasteiger charge is -2.38. The Balaban J connectivity index is 0.00000225. The number of imide groups is 1. The third-order valence-corrected chi connectivity index (χ3v) is 5.20. The zero-order valence-electron chi connectivity index (χ0n) is 13.9. The number of likely N-dealkylation sites (tertiary alicyclic amines) is 1. The van der Waals surface area contributed by atoms with Crippen LogP contribution in [0.3, 0.4) is 0 Å². The zero-order chi connectivity index (χ0) is 17.4. The van der Waals surface area contributed by atoms with Crippen molar-refractivity contribution in [3.63, 3.8) is 0 Å². The van der Waals surface area contributed by atoms with Gasteiger partial charge in [-0.1, -0.05) is 15.9 Å². The summed E-state index contributed by atoms with van der Waals surface area (Å²) in [7, 11) is 0. The molecule has 25 heavy (non-hydrogen) atoms. The standard InChI is InChI=1S/C17H20BrN3O3.ClH/c1-10(19)14-4-2-3-7-20(14)15(22)9-21-16(23)12-6-5-11(18)8-13(12)17(21)24;/h5-6,8,10,14H,2-4,7,9,19H2,1H3;1H. The summed E-state index contributed by atoms with van der Waals surface area (Å²) in [6.07, 6.45) is 2.82. The molecule has 0 radical (unpaired) electrons. The van der Waals surface area contributed by atoms with Gasteiger partial charge in [0.15, 0.2) is 0 Å². The van der Waals surface area contributed by atoms with E-state index in [1.54, 1.807) is 23.1 Å². The van der Waals surface area contributed by atoms with Crippen LogP contribution in [0.25, 0.3) is 0 Å². The van der Waals surface area contributed by atoms with Crippen LogP contribution < -0.4 is 5.73 Å². The van der Waals surface area contributed by atoms with E-state index in [9.17, 15) is 14.4 Å². The number of piperidine rings is 1. The molecule has 1 saturated heterocycles. The number of benzene rings is 1. The monoisotopic (exact) mass is 429 g/mol. The molecular weight excluding hydrogens is 410 g/mol. The predicted octanol–water partition coefficient (Wildman–Crippen LogP) is 2.20. The van der Waals surface area contributed by atoms with Crippen molar-refractivity contribution in [3.8, 4) is 0 Å². The summed E-state index contributed by atoms with van der Waals surface area (Å²) in [6, 6.07) is 4.77. The number of carbonyl (C=O) groups is 3. The lowest BCUT2D eigenvalue weighted by atomic mass is 9.97. The third-order valence-electron chi connectivity index (χ3n) is 4.70. The minimum atomic E-state index is -0.418. The topological polar surface area (TPSA) is 83.7 Å². The van der Waals surface area contributed by atoms with Crippen LogP contribution in [0.2, 0.25) is 0 Å². The average Bonchev–Trinajstić information content (AvgIpc) is 2.79. The summed E-state index contributed by atoms with van der Waals surface area (Å²) >= 11 is 3.30. The van der Waals surface area contributed by atoms with Crippen molar-refractivity contribution in [1.29, 1.82) is 0 Å². The van der Waals surface area contributed by atoms with Gasteiger partial charge in [-0.05, 0) is 44.4 Å². The highest BCUT2D eigenvalue weighted by Gasteiger charge is 2.39. The highest BCUT2D eigenvalue weighted by Crippen LogP contribution is 2.27. The Kier molecular flexibility index (Phi) is 6.24. The van der Waals surface area contributed by atoms with Gasteiger partial charge in [-0.15, -0.1) is 12.4 Å². The van der Waals surface area contributed by atoms with Crippen LogP contribution in [0.4, 0.5) is 0 Å². The first-order valence-corrected chi connectivity index (χ1v) is 8.90. The van der Waals surface area contributed by atoms with Gasteiger partial charge >= 0.3 is 0 Å². The summed E-state index contributed by atoms with van der Waals surface area (Å²) < 4.78 is 0.726. The molecule has 2 aliphatic heterocycles. The number of nitrogens with two attached hydrogens (primary N) is 1. The Morgan fingerprint density at radius 1 is 1.28 bits per heavy atom. The molecule has 1 aromatic carbocycles. The van der Waals surface area contributed by atoms with E-state index in [1.165, 1.54) is 0 Å². The first kappa shape index (κ1) is 19.9. The van der Waals surface area contributed by atoms with Gasteiger partial charge in [-0.2, -0.15) is 0 Å². The number of hydrogen-bond acceptors (Lipinski definition) is 4. The lowest BCUT2D eigenvalue weighted by molar-refractivity contribution is -0.135. The molecule has 8 heteroatoms. The largest absolute Gasteiger partial charge is 0.337 e. The number of carbonyl (C=O) groups excluding carboxylic acids is 3. The zero-order valence-corrected chi connectivity index (χ0v) is 16.3. The van der Waals surface area contributed by atoms with Crippen molar-refractivity contribution < 1.29 is 14.4 Å². The van der Waals surface area contributed by atoms with Gasteiger partial charge in [0, 0.05) is 23.1 Å². The maximum atomic E-state index is 12.7. The summed E-state index contributed by atoms with van der Waals surface area (Å²) in [5.74, 6) is -1.05. The summed E-state index contributed by atoms with van der Waals surface area (Å²) in [4.78, 5) is 40.4. The molecule has 1 fully saturated rings. The molecule has 2 N–H and O–H groups in total. The van der Waals surface area contributed by atoms with Gasteiger partial charge in [0.05, 0.1) is 11.1 Å². The second-order valence-corrected chi connectivity index (χ2v) is 7.31. The first-order valence-electron chi connectivity index (χ1n) is 8.11. The number of rotatable bonds is 3. The quantitative estimate of drug-likeness (QED) is 0.745. The number of fused-ring (bicyclic) bond motifs is 1. The highest BCUT2D eigenvalue weighted by atomic mass is 79.9. The first-order chi connectivity index (χ1) is 11.4. The molecule has 136 valence electrons. The fraction of sp³-hybridized carbons (Fsp3) is 0.471. The Bertz CT molecular complexity index is 710. The fourth-order valence-electron chi connectivity index (χ4n) is 3.45. The molecule has 2 unspecified atom stereocenters. The molecular formula is C17H21BrClN3O3. The van der Waals surface area contributed by atoms with Crippen molar-refractivity contribution in [2.45, 2.75) is 38.3 Å². The van der Waals surface area contributed by atoms with E-state index in [0.717, 1.165) is 28.6 Å². The fourth-order valence-corrected chi connectivity index (χ4v) is 3.81. The molecule has 2 aliphatic rings. The number of amides is 3. The van der Waals surface area contributed by atoms with Crippen molar-refractivity contribution in [3.05, 3.63) is 33.8 Å². The van der Waals surface area contributed by atoms with Crippen molar-refractivity contribution >= 4 is 46.1 Å². The van der Waals surface area contributed by atoms with Crippen LogP contribution in [-0.4, -0.2) is 52.7 Å². The molecule has 0 aliphatic carbocycles. The number of hydrogen-bond donors (Lipinski definition) is 1. The average molecular weight is 431 g/mol. The van der Waals surface area contributed by atoms with E-state index < -0.39 is 11.8 Å². The van der Waals surface area contributed by atoms with E-state index in [0.29, 0.717) is 17.7 Å². The molecule has 0 saturated carbocycles. The second kappa shape index (κ2) is 7.85. The van der Waals surface area contributed by atoms with E-state index in [-0.39, 0.29) is 36.9 Å². The van der Waals surface area contributed by atoms with E-state index in [1.807, 2.05) is 6.92 Å². The maximum absolute atomic E-state index is 12.7. The summed E-state index contributed by atoms with van der Waals surface area (Å²) in [6.45, 7) is 2.28. The van der Waals surface area contributed by atoms with Gasteiger partial charge in [-0.3, -0.25) is 19.3 Å². The lowest BCUT2D eigenvalue weighted by Crippen LogP contribution is -2.54.